The minimum absolute atomic E-state index is 0.00147. The van der Waals surface area contributed by atoms with Gasteiger partial charge in [-0.2, -0.15) is 5.10 Å². The first-order chi connectivity index (χ1) is 18.7. The summed E-state index contributed by atoms with van der Waals surface area (Å²) >= 11 is 0. The number of hydrogen-bond donors (Lipinski definition) is 2. The van der Waals surface area contributed by atoms with E-state index in [2.05, 4.69) is 15.1 Å². The highest BCUT2D eigenvalue weighted by molar-refractivity contribution is 5.98. The Hall–Kier alpha value is -5.26. The van der Waals surface area contributed by atoms with Gasteiger partial charge in [0.1, 0.15) is 47.4 Å². The number of fused-ring (bicyclic) bond motifs is 2. The van der Waals surface area contributed by atoms with Crippen LogP contribution in [0, 0.1) is 23.3 Å². The van der Waals surface area contributed by atoms with Crippen LogP contribution in [-0.2, 0) is 6.54 Å². The Morgan fingerprint density at radius 3 is 2.41 bits per heavy atom. The zero-order valence-electron chi connectivity index (χ0n) is 19.6. The van der Waals surface area contributed by atoms with Crippen LogP contribution in [0.2, 0.25) is 0 Å². The van der Waals surface area contributed by atoms with Gasteiger partial charge < -0.3 is 15.3 Å². The van der Waals surface area contributed by atoms with E-state index in [4.69, 9.17) is 10.2 Å². The van der Waals surface area contributed by atoms with Crippen molar-refractivity contribution in [2.24, 2.45) is 0 Å². The molecule has 3 N–H and O–H groups in total. The summed E-state index contributed by atoms with van der Waals surface area (Å²) < 4.78 is 63.7. The van der Waals surface area contributed by atoms with Crippen molar-refractivity contribution in [3.63, 3.8) is 0 Å². The van der Waals surface area contributed by atoms with Gasteiger partial charge in [0, 0.05) is 5.56 Å². The second-order valence-corrected chi connectivity index (χ2v) is 8.63. The highest BCUT2D eigenvalue weighted by Gasteiger charge is 2.23. The first-order valence-corrected chi connectivity index (χ1v) is 11.4. The molecule has 0 atom stereocenters. The van der Waals surface area contributed by atoms with Crippen molar-refractivity contribution in [3.05, 3.63) is 100 Å². The monoisotopic (exact) mass is 533 g/mol. The Kier molecular flexibility index (Phi) is 5.52. The van der Waals surface area contributed by atoms with Crippen molar-refractivity contribution in [1.82, 2.24) is 19.7 Å². The third-order valence-electron chi connectivity index (χ3n) is 6.18. The van der Waals surface area contributed by atoms with Gasteiger partial charge in [-0.1, -0.05) is 12.1 Å². The summed E-state index contributed by atoms with van der Waals surface area (Å²) in [5, 5.41) is 14.0. The minimum Gasteiger partial charge on any atom is -0.503 e. The van der Waals surface area contributed by atoms with Gasteiger partial charge in [0.05, 0.1) is 16.3 Å². The van der Waals surface area contributed by atoms with Crippen LogP contribution in [-0.4, -0.2) is 24.9 Å². The number of hydrogen-bond acceptors (Lipinski definition) is 7. The first-order valence-electron chi connectivity index (χ1n) is 11.4. The summed E-state index contributed by atoms with van der Waals surface area (Å²) in [5.41, 5.74) is 5.75. The maximum atomic E-state index is 14.2. The first kappa shape index (κ1) is 24.1. The van der Waals surface area contributed by atoms with Crippen LogP contribution in [0.15, 0.2) is 70.1 Å². The molecule has 0 aliphatic heterocycles. The summed E-state index contributed by atoms with van der Waals surface area (Å²) in [6.45, 7) is -0.260. The Bertz CT molecular complexity index is 1980. The van der Waals surface area contributed by atoms with Gasteiger partial charge in [-0.05, 0) is 48.0 Å². The molecule has 0 fully saturated rings. The van der Waals surface area contributed by atoms with E-state index in [1.165, 1.54) is 28.9 Å². The van der Waals surface area contributed by atoms with Gasteiger partial charge in [-0.3, -0.25) is 4.79 Å². The third-order valence-corrected chi connectivity index (χ3v) is 6.18. The second kappa shape index (κ2) is 8.94. The number of halogens is 4. The smallest absolute Gasteiger partial charge is 0.200 e. The molecule has 3 heterocycles. The Balaban J connectivity index is 1.61. The van der Waals surface area contributed by atoms with E-state index < -0.39 is 34.4 Å². The van der Waals surface area contributed by atoms with Gasteiger partial charge in [-0.25, -0.2) is 32.2 Å². The van der Waals surface area contributed by atoms with Crippen molar-refractivity contribution in [1.29, 1.82) is 0 Å². The molecule has 0 spiro atoms. The van der Waals surface area contributed by atoms with E-state index >= 15 is 0 Å². The van der Waals surface area contributed by atoms with E-state index in [1.54, 1.807) is 0 Å². The highest BCUT2D eigenvalue weighted by atomic mass is 19.1. The largest absolute Gasteiger partial charge is 0.503 e. The fourth-order valence-electron chi connectivity index (χ4n) is 4.44. The number of nitrogens with two attached hydrogens (primary N) is 1. The summed E-state index contributed by atoms with van der Waals surface area (Å²) in [5.74, 6) is -4.87. The summed E-state index contributed by atoms with van der Waals surface area (Å²) in [6.07, 6.45) is 1.16. The summed E-state index contributed by atoms with van der Waals surface area (Å²) in [7, 11) is 0. The molecular weight excluding hydrogens is 518 g/mol. The van der Waals surface area contributed by atoms with E-state index in [1.807, 2.05) is 0 Å². The average molecular weight is 533 g/mol. The topological polar surface area (TPSA) is 120 Å². The van der Waals surface area contributed by atoms with Crippen molar-refractivity contribution < 1.29 is 27.1 Å². The van der Waals surface area contributed by atoms with Crippen molar-refractivity contribution in [2.45, 2.75) is 6.54 Å². The Labute approximate surface area is 215 Å². The number of phenolic OH excluding ortho intramolecular Hbond substituents is 1. The lowest BCUT2D eigenvalue weighted by atomic mass is 10.0. The molecule has 8 nitrogen and oxygen atoms in total. The standard InChI is InChI=1S/C27H15F4N5O3/c28-14-3-1-2-12(6-14)21-20(39-19-5-4-15(29)9-16(19)24(21)37)10-36-27-22(26(32)33-11-34-27)23(35-36)13-7-17(30)25(38)18(31)8-13/h1-9,11,38H,10H2,(H2,32,33,34). The molecule has 39 heavy (non-hydrogen) atoms. The van der Waals surface area contributed by atoms with E-state index in [9.17, 15) is 27.5 Å². The lowest BCUT2D eigenvalue weighted by Crippen LogP contribution is -2.13. The number of nitrogen functional groups attached to an aromatic ring is 1. The molecule has 3 aromatic heterocycles. The molecule has 0 amide bonds. The summed E-state index contributed by atoms with van der Waals surface area (Å²) in [4.78, 5) is 21.7. The van der Waals surface area contributed by atoms with Crippen molar-refractivity contribution in [3.8, 4) is 28.1 Å². The molecule has 0 aliphatic carbocycles. The van der Waals surface area contributed by atoms with E-state index in [0.717, 1.165) is 36.7 Å². The van der Waals surface area contributed by atoms with Crippen LogP contribution in [0.5, 0.6) is 5.75 Å². The number of aromatic nitrogens is 4. The molecular formula is C27H15F4N5O3. The van der Waals surface area contributed by atoms with E-state index in [-0.39, 0.29) is 62.5 Å². The molecule has 0 saturated heterocycles. The van der Waals surface area contributed by atoms with Crippen LogP contribution in [0.3, 0.4) is 0 Å². The molecule has 12 heteroatoms. The lowest BCUT2D eigenvalue weighted by Gasteiger charge is -2.11. The average Bonchev–Trinajstić information content (AvgIpc) is 3.27. The predicted molar refractivity (Wildman–Crippen MR) is 134 cm³/mol. The number of rotatable bonds is 4. The molecule has 3 aromatic carbocycles. The van der Waals surface area contributed by atoms with Gasteiger partial charge in [-0.15, -0.1) is 0 Å². The molecule has 0 aliphatic rings. The maximum Gasteiger partial charge on any atom is 0.200 e. The lowest BCUT2D eigenvalue weighted by molar-refractivity contribution is 0.396. The highest BCUT2D eigenvalue weighted by Crippen LogP contribution is 2.34. The molecule has 0 unspecified atom stereocenters. The Morgan fingerprint density at radius 2 is 1.67 bits per heavy atom. The van der Waals surface area contributed by atoms with E-state index in [0.29, 0.717) is 0 Å². The SMILES string of the molecule is Nc1ncnc2c1c(-c1cc(F)c(O)c(F)c1)nn2Cc1oc2ccc(F)cc2c(=O)c1-c1cccc(F)c1. The molecule has 0 radical (unpaired) electrons. The minimum atomic E-state index is -1.22. The Morgan fingerprint density at radius 1 is 0.923 bits per heavy atom. The fourth-order valence-corrected chi connectivity index (χ4v) is 4.44. The molecule has 6 rings (SSSR count). The number of aromatic hydroxyl groups is 1. The maximum absolute atomic E-state index is 14.2. The third kappa shape index (κ3) is 4.02. The predicted octanol–water partition coefficient (Wildman–Crippen LogP) is 5.16. The molecule has 6 aromatic rings. The van der Waals surface area contributed by atoms with Gasteiger partial charge in [0.2, 0.25) is 5.43 Å². The fraction of sp³-hybridized carbons (Fsp3) is 0.0370. The van der Waals surface area contributed by atoms with Gasteiger partial charge in [0.25, 0.3) is 0 Å². The van der Waals surface area contributed by atoms with Gasteiger partial charge in [0.15, 0.2) is 23.0 Å². The van der Waals surface area contributed by atoms with Crippen LogP contribution >= 0.6 is 0 Å². The number of benzene rings is 3. The normalized spacial score (nSPS) is 11.5. The zero-order chi connectivity index (χ0) is 27.4. The number of nitrogens with zero attached hydrogens (tertiary/aromatic N) is 4. The quantitative estimate of drug-likeness (QED) is 0.301. The molecule has 0 bridgehead atoms. The molecule has 194 valence electrons. The molecule has 0 saturated carbocycles. The van der Waals surface area contributed by atoms with Crippen LogP contribution in [0.1, 0.15) is 5.76 Å². The van der Waals surface area contributed by atoms with Crippen LogP contribution in [0.25, 0.3) is 44.4 Å². The second-order valence-electron chi connectivity index (χ2n) is 8.63. The number of phenols is 1. The van der Waals surface area contributed by atoms with Crippen molar-refractivity contribution >= 4 is 27.8 Å². The number of anilines is 1. The van der Waals surface area contributed by atoms with Crippen molar-refractivity contribution in [2.75, 3.05) is 5.73 Å². The van der Waals surface area contributed by atoms with Gasteiger partial charge >= 0.3 is 0 Å². The van der Waals surface area contributed by atoms with Crippen LogP contribution in [0.4, 0.5) is 23.4 Å². The zero-order valence-corrected chi connectivity index (χ0v) is 19.6. The summed E-state index contributed by atoms with van der Waals surface area (Å²) in [6, 6.07) is 10.4. The van der Waals surface area contributed by atoms with Crippen LogP contribution < -0.4 is 11.2 Å².